The highest BCUT2D eigenvalue weighted by atomic mass is 32.2. The average molecular weight is 342 g/mol. The minimum atomic E-state index is -3.72. The molecule has 0 spiro atoms. The lowest BCUT2D eigenvalue weighted by molar-refractivity contribution is -0.124. The zero-order valence-electron chi connectivity index (χ0n) is 12.5. The topological polar surface area (TPSA) is 88.4 Å². The largest absolute Gasteiger partial charge is 0.288 e. The van der Waals surface area contributed by atoms with E-state index in [1.165, 1.54) is 23.9 Å². The Morgan fingerprint density at radius 3 is 2.58 bits per heavy atom. The third kappa shape index (κ3) is 3.08. The lowest BCUT2D eigenvalue weighted by Crippen LogP contribution is -2.14. The molecule has 0 saturated carbocycles. The first-order valence-corrected chi connectivity index (χ1v) is 8.49. The normalized spacial score (nSPS) is 11.9. The molecule has 1 amide bonds. The van der Waals surface area contributed by atoms with Gasteiger partial charge in [-0.05, 0) is 40.6 Å². The highest BCUT2D eigenvalue weighted by Crippen LogP contribution is 2.21. The molecule has 2 N–H and O–H groups in total. The van der Waals surface area contributed by atoms with Crippen LogP contribution in [0.25, 0.3) is 16.8 Å². The van der Waals surface area contributed by atoms with Crippen molar-refractivity contribution in [1.29, 1.82) is 0 Å². The first kappa shape index (κ1) is 16.0. The molecule has 3 aromatic rings. The number of aromatic nitrogens is 1. The molecule has 0 radical (unpaired) electrons. The van der Waals surface area contributed by atoms with Crippen LogP contribution in [0.4, 0.5) is 0 Å². The number of benzene rings is 2. The molecule has 0 fully saturated rings. The molecule has 2 aromatic carbocycles. The van der Waals surface area contributed by atoms with Gasteiger partial charge in [-0.2, -0.15) is 0 Å². The molecule has 0 bridgehead atoms. The Morgan fingerprint density at radius 1 is 1.08 bits per heavy atom. The molecule has 7 heteroatoms. The van der Waals surface area contributed by atoms with Crippen molar-refractivity contribution in [3.63, 3.8) is 0 Å². The van der Waals surface area contributed by atoms with Crippen molar-refractivity contribution in [2.45, 2.75) is 4.90 Å². The van der Waals surface area contributed by atoms with Crippen LogP contribution in [0.3, 0.4) is 0 Å². The van der Waals surface area contributed by atoms with Crippen molar-refractivity contribution < 1.29 is 18.4 Å². The van der Waals surface area contributed by atoms with E-state index in [-0.39, 0.29) is 4.90 Å². The summed E-state index contributed by atoms with van der Waals surface area (Å²) < 4.78 is 26.5. The van der Waals surface area contributed by atoms with Gasteiger partial charge in [-0.15, -0.1) is 0 Å². The van der Waals surface area contributed by atoms with Gasteiger partial charge in [0, 0.05) is 18.5 Å². The molecule has 0 atom stereocenters. The van der Waals surface area contributed by atoms with Crippen LogP contribution in [-0.2, 0) is 14.8 Å². The molecule has 0 aliphatic carbocycles. The summed E-state index contributed by atoms with van der Waals surface area (Å²) in [5.41, 5.74) is 1.98. The van der Waals surface area contributed by atoms with Crippen LogP contribution in [0.2, 0.25) is 0 Å². The van der Waals surface area contributed by atoms with Crippen molar-refractivity contribution in [2.24, 2.45) is 0 Å². The standard InChI is InChI=1S/C17H14N2O4S/c20-17(18-21)8-5-13-9-10-19(12-13)24(22,23)16-7-6-14-3-1-2-4-15(14)11-16/h1-12,21H,(H,18,20)/b8-5+. The van der Waals surface area contributed by atoms with E-state index in [2.05, 4.69) is 0 Å². The van der Waals surface area contributed by atoms with Crippen LogP contribution in [0, 0.1) is 0 Å². The Hall–Kier alpha value is -2.90. The van der Waals surface area contributed by atoms with Crippen molar-refractivity contribution in [2.75, 3.05) is 0 Å². The summed E-state index contributed by atoms with van der Waals surface area (Å²) >= 11 is 0. The van der Waals surface area contributed by atoms with Gasteiger partial charge in [0.2, 0.25) is 0 Å². The first-order chi connectivity index (χ1) is 11.5. The fourth-order valence-electron chi connectivity index (χ4n) is 2.30. The first-order valence-electron chi connectivity index (χ1n) is 7.05. The van der Waals surface area contributed by atoms with E-state index in [0.717, 1.165) is 20.8 Å². The molecule has 6 nitrogen and oxygen atoms in total. The van der Waals surface area contributed by atoms with Crippen molar-refractivity contribution in [3.8, 4) is 0 Å². The summed E-state index contributed by atoms with van der Waals surface area (Å²) in [4.78, 5) is 11.1. The Bertz CT molecular complexity index is 1040. The number of hydroxylamine groups is 1. The van der Waals surface area contributed by atoms with Gasteiger partial charge in [-0.25, -0.2) is 17.9 Å². The second-order valence-electron chi connectivity index (χ2n) is 5.10. The Labute approximate surface area is 138 Å². The predicted molar refractivity (Wildman–Crippen MR) is 89.9 cm³/mol. The predicted octanol–water partition coefficient (Wildman–Crippen LogP) is 2.40. The van der Waals surface area contributed by atoms with Crippen molar-refractivity contribution in [3.05, 3.63) is 72.6 Å². The number of fused-ring (bicyclic) bond motifs is 1. The van der Waals surface area contributed by atoms with Crippen LogP contribution in [0.1, 0.15) is 5.56 Å². The Kier molecular flexibility index (Phi) is 4.20. The summed E-state index contributed by atoms with van der Waals surface area (Å²) in [6.45, 7) is 0. The monoisotopic (exact) mass is 342 g/mol. The lowest BCUT2D eigenvalue weighted by atomic mass is 10.1. The maximum absolute atomic E-state index is 12.7. The van der Waals surface area contributed by atoms with E-state index < -0.39 is 15.9 Å². The number of rotatable bonds is 4. The molecule has 122 valence electrons. The van der Waals surface area contributed by atoms with Gasteiger partial charge in [0.1, 0.15) is 0 Å². The van der Waals surface area contributed by atoms with Crippen molar-refractivity contribution in [1.82, 2.24) is 9.45 Å². The van der Waals surface area contributed by atoms with E-state index >= 15 is 0 Å². The zero-order valence-corrected chi connectivity index (χ0v) is 13.3. The molecular weight excluding hydrogens is 328 g/mol. The maximum atomic E-state index is 12.7. The fraction of sp³-hybridized carbons (Fsp3) is 0. The number of nitrogens with zero attached hydrogens (tertiary/aromatic N) is 1. The van der Waals surface area contributed by atoms with E-state index in [9.17, 15) is 13.2 Å². The molecule has 3 rings (SSSR count). The third-order valence-corrected chi connectivity index (χ3v) is 5.16. The minimum Gasteiger partial charge on any atom is -0.288 e. The number of nitrogens with one attached hydrogen (secondary N) is 1. The van der Waals surface area contributed by atoms with Gasteiger partial charge in [-0.3, -0.25) is 10.0 Å². The van der Waals surface area contributed by atoms with Gasteiger partial charge in [0.15, 0.2) is 0 Å². The van der Waals surface area contributed by atoms with Gasteiger partial charge < -0.3 is 0 Å². The smallest absolute Gasteiger partial charge is 0.267 e. The molecule has 0 aliphatic heterocycles. The fourth-order valence-corrected chi connectivity index (χ4v) is 3.54. The molecule has 24 heavy (non-hydrogen) atoms. The molecule has 1 heterocycles. The highest BCUT2D eigenvalue weighted by Gasteiger charge is 2.16. The summed E-state index contributed by atoms with van der Waals surface area (Å²) in [5.74, 6) is -0.694. The zero-order chi connectivity index (χ0) is 17.2. The van der Waals surface area contributed by atoms with Crippen LogP contribution in [-0.4, -0.2) is 23.5 Å². The number of hydrogen-bond donors (Lipinski definition) is 2. The maximum Gasteiger partial charge on any atom is 0.267 e. The van der Waals surface area contributed by atoms with Crippen LogP contribution >= 0.6 is 0 Å². The highest BCUT2D eigenvalue weighted by molar-refractivity contribution is 7.90. The number of carbonyl (C=O) groups excluding carboxylic acids is 1. The lowest BCUT2D eigenvalue weighted by Gasteiger charge is -2.07. The van der Waals surface area contributed by atoms with Gasteiger partial charge in [-0.1, -0.05) is 30.3 Å². The average Bonchev–Trinajstić information content (AvgIpc) is 3.09. The van der Waals surface area contributed by atoms with E-state index in [4.69, 9.17) is 5.21 Å². The molecule has 0 saturated heterocycles. The number of hydrogen-bond acceptors (Lipinski definition) is 4. The second kappa shape index (κ2) is 6.31. The van der Waals surface area contributed by atoms with Gasteiger partial charge >= 0.3 is 0 Å². The molecule has 1 aromatic heterocycles. The number of amides is 1. The Balaban J connectivity index is 1.96. The molecular formula is C17H14N2O4S. The minimum absolute atomic E-state index is 0.181. The third-order valence-electron chi connectivity index (χ3n) is 3.52. The van der Waals surface area contributed by atoms with Crippen LogP contribution in [0.15, 0.2) is 71.9 Å². The van der Waals surface area contributed by atoms with Gasteiger partial charge in [0.05, 0.1) is 4.90 Å². The summed E-state index contributed by atoms with van der Waals surface area (Å²) in [5, 5.41) is 10.2. The second-order valence-corrected chi connectivity index (χ2v) is 6.94. The van der Waals surface area contributed by atoms with E-state index in [1.54, 1.807) is 24.3 Å². The van der Waals surface area contributed by atoms with E-state index in [0.29, 0.717) is 5.56 Å². The SMILES string of the molecule is O=C(/C=C/c1ccn(S(=O)(=O)c2ccc3ccccc3c2)c1)NO. The van der Waals surface area contributed by atoms with Gasteiger partial charge in [0.25, 0.3) is 15.9 Å². The molecule has 0 aliphatic rings. The summed E-state index contributed by atoms with van der Waals surface area (Å²) in [6, 6.07) is 14.0. The van der Waals surface area contributed by atoms with Crippen molar-refractivity contribution >= 4 is 32.8 Å². The van der Waals surface area contributed by atoms with Crippen LogP contribution in [0.5, 0.6) is 0 Å². The number of carbonyl (C=O) groups is 1. The quantitative estimate of drug-likeness (QED) is 0.433. The van der Waals surface area contributed by atoms with E-state index in [1.807, 2.05) is 24.3 Å². The summed E-state index contributed by atoms with van der Waals surface area (Å²) in [7, 11) is -3.72. The van der Waals surface area contributed by atoms with Crippen LogP contribution < -0.4 is 5.48 Å². The molecule has 0 unspecified atom stereocenters. The Morgan fingerprint density at radius 2 is 1.83 bits per heavy atom. The summed E-state index contributed by atoms with van der Waals surface area (Å²) in [6.07, 6.45) is 5.30.